The van der Waals surface area contributed by atoms with Crippen molar-refractivity contribution in [2.75, 3.05) is 0 Å². The van der Waals surface area contributed by atoms with Crippen molar-refractivity contribution in [3.05, 3.63) is 10.9 Å². The molecule has 0 amide bonds. The van der Waals surface area contributed by atoms with Crippen LogP contribution >= 0.6 is 0 Å². The summed E-state index contributed by atoms with van der Waals surface area (Å²) in [5.41, 5.74) is 1.43. The summed E-state index contributed by atoms with van der Waals surface area (Å²) in [5.74, 6) is 0. The van der Waals surface area contributed by atoms with Crippen LogP contribution in [0.1, 0.15) is 13.8 Å². The summed E-state index contributed by atoms with van der Waals surface area (Å²) >= 11 is 0. The van der Waals surface area contributed by atoms with E-state index in [1.165, 1.54) is 10.9 Å². The zero-order valence-corrected chi connectivity index (χ0v) is 5.00. The summed E-state index contributed by atoms with van der Waals surface area (Å²) < 4.78 is 0. The molecule has 0 aliphatic heterocycles. The van der Waals surface area contributed by atoms with Gasteiger partial charge in [-0.2, -0.15) is 0 Å². The lowest BCUT2D eigenvalue weighted by atomic mass is 9.76. The van der Waals surface area contributed by atoms with E-state index in [-0.39, 0.29) is 0 Å². The zero-order chi connectivity index (χ0) is 5.15. The predicted molar refractivity (Wildman–Crippen MR) is 35.5 cm³/mol. The van der Waals surface area contributed by atoms with E-state index in [0.717, 1.165) is 0 Å². The standard InChI is InChI=1S/C4H10B2/c1-3(2)4(5)6/h5-6H2,1-2H3. The Morgan fingerprint density at radius 1 is 1.17 bits per heavy atom. The Morgan fingerprint density at radius 2 is 1.33 bits per heavy atom. The number of hydrogen-bond donors (Lipinski definition) is 0. The third kappa shape index (κ3) is 2.13. The van der Waals surface area contributed by atoms with E-state index in [2.05, 4.69) is 29.5 Å². The van der Waals surface area contributed by atoms with E-state index in [1.807, 2.05) is 0 Å². The van der Waals surface area contributed by atoms with Gasteiger partial charge in [0.2, 0.25) is 0 Å². The van der Waals surface area contributed by atoms with E-state index in [9.17, 15) is 0 Å². The van der Waals surface area contributed by atoms with Gasteiger partial charge in [0.15, 0.2) is 0 Å². The molecule has 0 N–H and O–H groups in total. The highest BCUT2D eigenvalue weighted by Gasteiger charge is 1.76. The molecule has 2 heteroatoms. The topological polar surface area (TPSA) is 0 Å². The van der Waals surface area contributed by atoms with Crippen molar-refractivity contribution in [1.29, 1.82) is 0 Å². The van der Waals surface area contributed by atoms with Gasteiger partial charge in [0.1, 0.15) is 15.7 Å². The van der Waals surface area contributed by atoms with Crippen molar-refractivity contribution in [2.24, 2.45) is 0 Å². The molecular formula is C4H10B2. The molecule has 0 aromatic carbocycles. The van der Waals surface area contributed by atoms with Gasteiger partial charge in [-0.25, -0.2) is 0 Å². The SMILES string of the molecule is BC(B)=C(C)C. The Hall–Kier alpha value is -0.130. The quantitative estimate of drug-likeness (QED) is 0.344. The van der Waals surface area contributed by atoms with Crippen molar-refractivity contribution in [3.63, 3.8) is 0 Å². The van der Waals surface area contributed by atoms with Crippen molar-refractivity contribution >= 4 is 15.7 Å². The molecule has 6 heavy (non-hydrogen) atoms. The fourth-order valence-electron chi connectivity index (χ4n) is 0. The van der Waals surface area contributed by atoms with Crippen LogP contribution in [0.15, 0.2) is 10.9 Å². The molecule has 0 aromatic heterocycles. The first kappa shape index (κ1) is 5.87. The minimum Gasteiger partial charge on any atom is -0.147 e. The van der Waals surface area contributed by atoms with E-state index in [4.69, 9.17) is 0 Å². The molecule has 0 fully saturated rings. The maximum absolute atomic E-state index is 2.12. The summed E-state index contributed by atoms with van der Waals surface area (Å²) in [4.78, 5) is 0. The fraction of sp³-hybridized carbons (Fsp3) is 0.500. The van der Waals surface area contributed by atoms with Gasteiger partial charge in [0.05, 0.1) is 0 Å². The second kappa shape index (κ2) is 2.12. The first-order valence-electron chi connectivity index (χ1n) is 2.25. The van der Waals surface area contributed by atoms with Crippen LogP contribution in [0.4, 0.5) is 0 Å². The fourth-order valence-corrected chi connectivity index (χ4v) is 0. The Labute approximate surface area is 41.4 Å². The van der Waals surface area contributed by atoms with Gasteiger partial charge in [-0.1, -0.05) is 5.57 Å². The first-order valence-corrected chi connectivity index (χ1v) is 2.25. The molecule has 32 valence electrons. The molecular weight excluding hydrogens is 69.7 g/mol. The number of hydrogen-bond acceptors (Lipinski definition) is 0. The van der Waals surface area contributed by atoms with E-state index < -0.39 is 0 Å². The van der Waals surface area contributed by atoms with Gasteiger partial charge in [0, 0.05) is 0 Å². The lowest BCUT2D eigenvalue weighted by Crippen LogP contribution is -1.80. The van der Waals surface area contributed by atoms with Gasteiger partial charge in [-0.05, 0) is 13.8 Å². The van der Waals surface area contributed by atoms with Gasteiger partial charge < -0.3 is 0 Å². The molecule has 0 aliphatic rings. The molecule has 0 nitrogen and oxygen atoms in total. The average molecular weight is 79.7 g/mol. The third-order valence-electron chi connectivity index (χ3n) is 1.00. The van der Waals surface area contributed by atoms with Gasteiger partial charge in [-0.15, -0.1) is 5.37 Å². The highest BCUT2D eigenvalue weighted by Crippen LogP contribution is 1.89. The minimum absolute atomic E-state index is 1.43. The van der Waals surface area contributed by atoms with Gasteiger partial charge in [0.25, 0.3) is 0 Å². The normalized spacial score (nSPS) is 7.67. The van der Waals surface area contributed by atoms with Crippen molar-refractivity contribution in [1.82, 2.24) is 0 Å². The Kier molecular flexibility index (Phi) is 2.07. The lowest BCUT2D eigenvalue weighted by molar-refractivity contribution is 1.40. The minimum atomic E-state index is 1.43. The highest BCUT2D eigenvalue weighted by molar-refractivity contribution is 6.48. The van der Waals surface area contributed by atoms with Crippen LogP contribution in [0, 0.1) is 0 Å². The zero-order valence-electron chi connectivity index (χ0n) is 5.00. The van der Waals surface area contributed by atoms with Crippen LogP contribution in [-0.4, -0.2) is 15.7 Å². The molecule has 0 spiro atoms. The van der Waals surface area contributed by atoms with Crippen LogP contribution in [0.5, 0.6) is 0 Å². The largest absolute Gasteiger partial charge is 0.147 e. The van der Waals surface area contributed by atoms with Crippen molar-refractivity contribution in [2.45, 2.75) is 13.8 Å². The van der Waals surface area contributed by atoms with Gasteiger partial charge in [-0.3, -0.25) is 0 Å². The van der Waals surface area contributed by atoms with Crippen LogP contribution in [-0.2, 0) is 0 Å². The van der Waals surface area contributed by atoms with Crippen molar-refractivity contribution in [3.8, 4) is 0 Å². The summed E-state index contributed by atoms with van der Waals surface area (Å²) in [7, 11) is 4.24. The maximum Gasteiger partial charge on any atom is 0.121 e. The highest BCUT2D eigenvalue weighted by atomic mass is 13.7. The summed E-state index contributed by atoms with van der Waals surface area (Å²) in [6, 6.07) is 0. The smallest absolute Gasteiger partial charge is 0.121 e. The van der Waals surface area contributed by atoms with Crippen molar-refractivity contribution < 1.29 is 0 Å². The van der Waals surface area contributed by atoms with E-state index in [0.29, 0.717) is 0 Å². The molecule has 0 bridgehead atoms. The molecule has 0 saturated carbocycles. The van der Waals surface area contributed by atoms with E-state index in [1.54, 1.807) is 0 Å². The number of allylic oxidation sites excluding steroid dienone is 1. The molecule has 0 saturated heterocycles. The Morgan fingerprint density at radius 3 is 1.33 bits per heavy atom. The summed E-state index contributed by atoms with van der Waals surface area (Å²) in [6.45, 7) is 4.24. The monoisotopic (exact) mass is 80.1 g/mol. The third-order valence-corrected chi connectivity index (χ3v) is 1.00. The molecule has 0 aliphatic carbocycles. The Balaban J connectivity index is 3.68. The van der Waals surface area contributed by atoms with E-state index >= 15 is 0 Å². The van der Waals surface area contributed by atoms with Crippen LogP contribution in [0.2, 0.25) is 0 Å². The molecule has 0 aromatic rings. The van der Waals surface area contributed by atoms with Crippen LogP contribution in [0.25, 0.3) is 0 Å². The second-order valence-electron chi connectivity index (χ2n) is 2.00. The molecule has 0 rings (SSSR count). The summed E-state index contributed by atoms with van der Waals surface area (Å²) in [5, 5.41) is 1.43. The van der Waals surface area contributed by atoms with Gasteiger partial charge >= 0.3 is 0 Å². The lowest BCUT2D eigenvalue weighted by Gasteiger charge is -1.87. The number of rotatable bonds is 0. The summed E-state index contributed by atoms with van der Waals surface area (Å²) in [6.07, 6.45) is 0. The molecule has 0 radical (unpaired) electrons. The molecule has 0 heterocycles. The Bertz CT molecular complexity index is 55.6. The van der Waals surface area contributed by atoms with Crippen LogP contribution in [0.3, 0.4) is 0 Å². The second-order valence-corrected chi connectivity index (χ2v) is 2.00. The maximum atomic E-state index is 2.12. The van der Waals surface area contributed by atoms with Crippen LogP contribution < -0.4 is 0 Å². The average Bonchev–Trinajstić information content (AvgIpc) is 1.36. The predicted octanol–water partition coefficient (Wildman–Crippen LogP) is -0.496. The first-order chi connectivity index (χ1) is 2.64. The molecule has 0 atom stereocenters. The molecule has 0 unspecified atom stereocenters.